The van der Waals surface area contributed by atoms with Gasteiger partial charge in [-0.05, 0) is 40.7 Å². The molecule has 0 unspecified atom stereocenters. The number of ether oxygens (including phenoxy) is 3. The lowest BCUT2D eigenvalue weighted by Crippen LogP contribution is -2.04. The van der Waals surface area contributed by atoms with Crippen LogP contribution in [0.15, 0.2) is 77.3 Å². The molecule has 0 saturated heterocycles. The van der Waals surface area contributed by atoms with Gasteiger partial charge in [0, 0.05) is 36.2 Å². The van der Waals surface area contributed by atoms with Crippen LogP contribution in [-0.4, -0.2) is 39.5 Å². The number of carbonyl (C=O) groups excluding carboxylic acids is 1. The first-order valence-electron chi connectivity index (χ1n) is 12.4. The van der Waals surface area contributed by atoms with Crippen molar-refractivity contribution in [2.75, 3.05) is 14.2 Å². The maximum Gasteiger partial charge on any atom is 0.294 e. The van der Waals surface area contributed by atoms with E-state index in [0.717, 1.165) is 16.5 Å². The highest BCUT2D eigenvalue weighted by atomic mass is 32.1. The fraction of sp³-hybridized carbons (Fsp3) is 0.138. The van der Waals surface area contributed by atoms with E-state index in [9.17, 15) is 14.9 Å². The van der Waals surface area contributed by atoms with Crippen molar-refractivity contribution in [3.05, 3.63) is 99.7 Å². The molecule has 0 N–H and O–H groups in total. The molecule has 41 heavy (non-hydrogen) atoms. The van der Waals surface area contributed by atoms with Crippen LogP contribution in [-0.2, 0) is 13.0 Å². The summed E-state index contributed by atoms with van der Waals surface area (Å²) in [6.07, 6.45) is 1.93. The number of benzene rings is 3. The SMILES string of the molecule is COc1cc(OCc2cccc(CC(=O)c3ccc([N+](=O)[O-])cc3)c2)c2cc(-c3cn4nc(OC)sc4n3)oc2c1. The van der Waals surface area contributed by atoms with Crippen LogP contribution in [0, 0.1) is 10.1 Å². The third kappa shape index (κ3) is 5.32. The fourth-order valence-electron chi connectivity index (χ4n) is 4.38. The van der Waals surface area contributed by atoms with E-state index < -0.39 is 4.92 Å². The summed E-state index contributed by atoms with van der Waals surface area (Å²) in [6, 6.07) is 18.6. The first kappa shape index (κ1) is 26.0. The molecule has 0 radical (unpaired) electrons. The second-order valence-electron chi connectivity index (χ2n) is 9.09. The van der Waals surface area contributed by atoms with Gasteiger partial charge < -0.3 is 18.6 Å². The van der Waals surface area contributed by atoms with Crippen LogP contribution in [0.3, 0.4) is 0 Å². The molecular weight excluding hydrogens is 548 g/mol. The number of nitro groups is 1. The molecule has 0 bridgehead atoms. The molecule has 3 aromatic carbocycles. The van der Waals surface area contributed by atoms with Gasteiger partial charge in [-0.1, -0.05) is 24.3 Å². The molecule has 206 valence electrons. The molecule has 0 aliphatic carbocycles. The van der Waals surface area contributed by atoms with E-state index in [4.69, 9.17) is 18.6 Å². The number of fused-ring (bicyclic) bond motifs is 2. The summed E-state index contributed by atoms with van der Waals surface area (Å²) in [5.74, 6) is 1.57. The number of imidazole rings is 1. The summed E-state index contributed by atoms with van der Waals surface area (Å²) in [5.41, 5.74) is 3.24. The van der Waals surface area contributed by atoms with Crippen LogP contribution >= 0.6 is 11.3 Å². The minimum atomic E-state index is -0.493. The van der Waals surface area contributed by atoms with Gasteiger partial charge in [0.25, 0.3) is 10.9 Å². The smallest absolute Gasteiger partial charge is 0.294 e. The van der Waals surface area contributed by atoms with E-state index in [0.29, 0.717) is 44.3 Å². The molecular formula is C29H22N4O7S. The van der Waals surface area contributed by atoms with Crippen LogP contribution in [0.4, 0.5) is 5.69 Å². The average Bonchev–Trinajstić information content (AvgIpc) is 3.69. The lowest BCUT2D eigenvalue weighted by Gasteiger charge is -2.10. The quantitative estimate of drug-likeness (QED) is 0.108. The number of furan rings is 1. The minimum Gasteiger partial charge on any atom is -0.496 e. The number of Topliss-reactive ketones (excluding diaryl/α,β-unsaturated/α-hetero) is 1. The van der Waals surface area contributed by atoms with Gasteiger partial charge in [0.15, 0.2) is 11.5 Å². The van der Waals surface area contributed by atoms with E-state index in [-0.39, 0.29) is 24.5 Å². The molecule has 12 heteroatoms. The maximum absolute atomic E-state index is 12.8. The van der Waals surface area contributed by atoms with Crippen molar-refractivity contribution in [2.24, 2.45) is 0 Å². The van der Waals surface area contributed by atoms with Gasteiger partial charge in [-0.2, -0.15) is 0 Å². The van der Waals surface area contributed by atoms with Crippen molar-refractivity contribution in [1.29, 1.82) is 0 Å². The Labute approximate surface area is 236 Å². The highest BCUT2D eigenvalue weighted by molar-refractivity contribution is 7.18. The molecule has 0 fully saturated rings. The molecule has 0 aliphatic heterocycles. The highest BCUT2D eigenvalue weighted by Gasteiger charge is 2.17. The monoisotopic (exact) mass is 570 g/mol. The topological polar surface area (TPSA) is 131 Å². The number of hydrogen-bond donors (Lipinski definition) is 0. The van der Waals surface area contributed by atoms with Crippen LogP contribution < -0.4 is 14.2 Å². The zero-order chi connectivity index (χ0) is 28.5. The van der Waals surface area contributed by atoms with Gasteiger partial charge in [0.1, 0.15) is 29.4 Å². The number of hydrogen-bond acceptors (Lipinski definition) is 10. The molecule has 11 nitrogen and oxygen atoms in total. The third-order valence-corrected chi connectivity index (χ3v) is 7.29. The Morgan fingerprint density at radius 1 is 1.05 bits per heavy atom. The molecule has 6 rings (SSSR count). The van der Waals surface area contributed by atoms with Gasteiger partial charge >= 0.3 is 0 Å². The predicted molar refractivity (Wildman–Crippen MR) is 151 cm³/mol. The Hall–Kier alpha value is -5.23. The van der Waals surface area contributed by atoms with Crippen molar-refractivity contribution in [3.8, 4) is 28.1 Å². The standard InChI is InChI=1S/C29H22N4O7S/c1-37-21-12-25(22-14-27(40-26(22)13-21)23-15-32-28(30-23)41-29(31-32)38-2)39-16-18-5-3-4-17(10-18)11-24(34)19-6-8-20(9-7-19)33(35)36/h3-10,12-15H,11,16H2,1-2H3. The lowest BCUT2D eigenvalue weighted by atomic mass is 10.0. The molecule has 0 spiro atoms. The van der Waals surface area contributed by atoms with Crippen LogP contribution in [0.2, 0.25) is 0 Å². The number of nitro benzene ring substituents is 1. The number of ketones is 1. The summed E-state index contributed by atoms with van der Waals surface area (Å²) < 4.78 is 24.6. The van der Waals surface area contributed by atoms with E-state index in [1.54, 1.807) is 37.1 Å². The maximum atomic E-state index is 12.8. The Morgan fingerprint density at radius 3 is 2.59 bits per heavy atom. The predicted octanol–water partition coefficient (Wildman–Crippen LogP) is 6.13. The van der Waals surface area contributed by atoms with Gasteiger partial charge in [0.05, 0.1) is 30.7 Å². The molecule has 6 aromatic rings. The van der Waals surface area contributed by atoms with Crippen molar-refractivity contribution >= 4 is 38.7 Å². The van der Waals surface area contributed by atoms with Crippen molar-refractivity contribution in [2.45, 2.75) is 13.0 Å². The van der Waals surface area contributed by atoms with E-state index in [1.807, 2.05) is 30.3 Å². The highest BCUT2D eigenvalue weighted by Crippen LogP contribution is 2.37. The van der Waals surface area contributed by atoms with Crippen molar-refractivity contribution < 1.29 is 28.3 Å². The summed E-state index contributed by atoms with van der Waals surface area (Å²) in [5, 5.41) is 16.5. The Balaban J connectivity index is 1.21. The average molecular weight is 571 g/mol. The Bertz CT molecular complexity index is 1870. The van der Waals surface area contributed by atoms with Gasteiger partial charge in [-0.25, -0.2) is 9.50 Å². The molecule has 0 saturated carbocycles. The largest absolute Gasteiger partial charge is 0.496 e. The molecule has 0 amide bonds. The van der Waals surface area contributed by atoms with Crippen molar-refractivity contribution in [3.63, 3.8) is 0 Å². The second-order valence-corrected chi connectivity index (χ2v) is 10.0. The van der Waals surface area contributed by atoms with E-state index in [2.05, 4.69) is 10.1 Å². The molecule has 3 aromatic heterocycles. The number of aromatic nitrogens is 3. The van der Waals surface area contributed by atoms with E-state index in [1.165, 1.54) is 35.6 Å². The fourth-order valence-corrected chi connectivity index (χ4v) is 5.08. The van der Waals surface area contributed by atoms with Crippen LogP contribution in [0.25, 0.3) is 27.4 Å². The zero-order valence-electron chi connectivity index (χ0n) is 21.9. The van der Waals surface area contributed by atoms with Gasteiger partial charge in [-0.3, -0.25) is 14.9 Å². The van der Waals surface area contributed by atoms with Gasteiger partial charge in [-0.15, -0.1) is 5.10 Å². The molecule has 3 heterocycles. The van der Waals surface area contributed by atoms with E-state index >= 15 is 0 Å². The molecule has 0 aliphatic rings. The minimum absolute atomic E-state index is 0.0560. The Kier molecular flexibility index (Phi) is 6.81. The Morgan fingerprint density at radius 2 is 1.85 bits per heavy atom. The number of rotatable bonds is 10. The zero-order valence-corrected chi connectivity index (χ0v) is 22.7. The number of carbonyl (C=O) groups is 1. The summed E-state index contributed by atoms with van der Waals surface area (Å²) in [7, 11) is 3.13. The summed E-state index contributed by atoms with van der Waals surface area (Å²) in [4.78, 5) is 28.4. The molecule has 0 atom stereocenters. The normalized spacial score (nSPS) is 11.2. The number of nitrogens with zero attached hydrogens (tertiary/aromatic N) is 4. The number of methoxy groups -OCH3 is 2. The first-order chi connectivity index (χ1) is 19.9. The van der Waals surface area contributed by atoms with Gasteiger partial charge in [0.2, 0.25) is 4.96 Å². The summed E-state index contributed by atoms with van der Waals surface area (Å²) >= 11 is 1.33. The van der Waals surface area contributed by atoms with Crippen LogP contribution in [0.5, 0.6) is 16.7 Å². The van der Waals surface area contributed by atoms with Crippen molar-refractivity contribution in [1.82, 2.24) is 14.6 Å². The van der Waals surface area contributed by atoms with Crippen LogP contribution in [0.1, 0.15) is 21.5 Å². The first-order valence-corrected chi connectivity index (χ1v) is 13.2. The second kappa shape index (κ2) is 10.7. The lowest BCUT2D eigenvalue weighted by molar-refractivity contribution is -0.384. The number of non-ortho nitro benzene ring substituents is 1. The summed E-state index contributed by atoms with van der Waals surface area (Å²) in [6.45, 7) is 0.242. The third-order valence-electron chi connectivity index (χ3n) is 6.41.